The number of aryl methyl sites for hydroxylation is 1. The van der Waals surface area contributed by atoms with Crippen molar-refractivity contribution in [1.29, 1.82) is 0 Å². The maximum Gasteiger partial charge on any atom is 0.406 e. The van der Waals surface area contributed by atoms with Gasteiger partial charge in [0.15, 0.2) is 0 Å². The molecule has 1 fully saturated rings. The van der Waals surface area contributed by atoms with Crippen LogP contribution in [0.2, 0.25) is 0 Å². The molecule has 24 heavy (non-hydrogen) atoms. The Kier molecular flexibility index (Phi) is 4.23. The molecule has 1 aromatic carbocycles. The van der Waals surface area contributed by atoms with Crippen molar-refractivity contribution in [2.75, 3.05) is 13.1 Å². The molecule has 1 heterocycles. The number of carbonyl (C=O) groups excluding carboxylic acids is 2. The number of nitrogens with zero attached hydrogens (tertiary/aromatic N) is 1. The molecule has 2 amide bonds. The van der Waals surface area contributed by atoms with Crippen LogP contribution in [0.5, 0.6) is 0 Å². The van der Waals surface area contributed by atoms with E-state index in [1.807, 2.05) is 0 Å². The second-order valence-electron chi connectivity index (χ2n) is 6.23. The maximum atomic E-state index is 13.4. The maximum absolute atomic E-state index is 13.4. The summed E-state index contributed by atoms with van der Waals surface area (Å²) < 4.78 is 50.6. The number of alkyl halides is 3. The van der Waals surface area contributed by atoms with Crippen LogP contribution in [0.3, 0.4) is 0 Å². The van der Waals surface area contributed by atoms with Gasteiger partial charge < -0.3 is 10.2 Å². The number of fused-ring (bicyclic) bond motifs is 1. The van der Waals surface area contributed by atoms with Crippen molar-refractivity contribution in [2.45, 2.75) is 31.5 Å². The van der Waals surface area contributed by atoms with Gasteiger partial charge in [-0.15, -0.1) is 0 Å². The molecule has 4 nitrogen and oxygen atoms in total. The van der Waals surface area contributed by atoms with Gasteiger partial charge in [-0.1, -0.05) is 6.07 Å². The van der Waals surface area contributed by atoms with Gasteiger partial charge in [0.25, 0.3) is 0 Å². The van der Waals surface area contributed by atoms with Gasteiger partial charge in [-0.05, 0) is 36.1 Å². The highest BCUT2D eigenvalue weighted by Gasteiger charge is 2.41. The fourth-order valence-corrected chi connectivity index (χ4v) is 3.33. The van der Waals surface area contributed by atoms with Gasteiger partial charge in [-0.2, -0.15) is 13.2 Å². The summed E-state index contributed by atoms with van der Waals surface area (Å²) in [5, 5.41) is 2.74. The van der Waals surface area contributed by atoms with E-state index in [-0.39, 0.29) is 19.0 Å². The molecule has 2 atom stereocenters. The average Bonchev–Trinajstić information content (AvgIpc) is 3.02. The summed E-state index contributed by atoms with van der Waals surface area (Å²) >= 11 is 0. The van der Waals surface area contributed by atoms with E-state index >= 15 is 0 Å². The fourth-order valence-electron chi connectivity index (χ4n) is 3.33. The van der Waals surface area contributed by atoms with Crippen molar-refractivity contribution in [2.24, 2.45) is 5.92 Å². The Balaban J connectivity index is 1.63. The van der Waals surface area contributed by atoms with Gasteiger partial charge in [-0.25, -0.2) is 4.39 Å². The zero-order valence-electron chi connectivity index (χ0n) is 12.7. The minimum Gasteiger partial charge on any atom is -0.349 e. The molecular weight excluding hydrogens is 328 g/mol. The highest BCUT2D eigenvalue weighted by molar-refractivity contribution is 5.89. The van der Waals surface area contributed by atoms with Crippen molar-refractivity contribution in [3.05, 3.63) is 35.1 Å². The number of likely N-dealkylation sites (tertiary alicyclic amines) is 1. The third-order valence-corrected chi connectivity index (χ3v) is 4.46. The van der Waals surface area contributed by atoms with Crippen LogP contribution in [0.1, 0.15) is 30.0 Å². The molecule has 8 heteroatoms. The number of carbonyl (C=O) groups is 2. The summed E-state index contributed by atoms with van der Waals surface area (Å²) in [5.41, 5.74) is 1.64. The van der Waals surface area contributed by atoms with E-state index < -0.39 is 36.3 Å². The van der Waals surface area contributed by atoms with Gasteiger partial charge in [0.05, 0.1) is 12.0 Å². The summed E-state index contributed by atoms with van der Waals surface area (Å²) in [5.74, 6) is -2.35. The normalized spacial score (nSPS) is 23.5. The molecule has 1 aromatic rings. The molecule has 1 N–H and O–H groups in total. The summed E-state index contributed by atoms with van der Waals surface area (Å²) in [6.45, 7) is -1.58. The lowest BCUT2D eigenvalue weighted by molar-refractivity contribution is -0.157. The molecule has 1 saturated heterocycles. The molecule has 1 aliphatic carbocycles. The smallest absolute Gasteiger partial charge is 0.349 e. The number of hydrogen-bond acceptors (Lipinski definition) is 2. The minimum atomic E-state index is -4.48. The van der Waals surface area contributed by atoms with Gasteiger partial charge in [0, 0.05) is 13.0 Å². The molecule has 1 aliphatic heterocycles. The molecule has 0 unspecified atom stereocenters. The lowest BCUT2D eigenvalue weighted by Gasteiger charge is -2.19. The van der Waals surface area contributed by atoms with E-state index in [9.17, 15) is 27.2 Å². The van der Waals surface area contributed by atoms with E-state index in [1.165, 1.54) is 12.1 Å². The third-order valence-electron chi connectivity index (χ3n) is 4.46. The lowest BCUT2D eigenvalue weighted by atomic mass is 10.0. The molecule has 0 aromatic heterocycles. The largest absolute Gasteiger partial charge is 0.406 e. The molecule has 0 bridgehead atoms. The van der Waals surface area contributed by atoms with Crippen LogP contribution in [-0.4, -0.2) is 36.0 Å². The molecule has 0 spiro atoms. The number of amides is 2. The van der Waals surface area contributed by atoms with Crippen molar-refractivity contribution < 1.29 is 27.2 Å². The monoisotopic (exact) mass is 344 g/mol. The van der Waals surface area contributed by atoms with E-state index in [1.54, 1.807) is 6.07 Å². The minimum absolute atomic E-state index is 0.232. The first kappa shape index (κ1) is 16.7. The van der Waals surface area contributed by atoms with Crippen LogP contribution in [0, 0.1) is 11.7 Å². The van der Waals surface area contributed by atoms with Crippen LogP contribution >= 0.6 is 0 Å². The summed E-state index contributed by atoms with van der Waals surface area (Å²) in [6, 6.07) is 4.02. The number of halogens is 4. The second kappa shape index (κ2) is 6.07. The second-order valence-corrected chi connectivity index (χ2v) is 6.23. The molecule has 2 aliphatic rings. The highest BCUT2D eigenvalue weighted by atomic mass is 19.4. The first-order valence-electron chi connectivity index (χ1n) is 7.66. The Labute approximate surface area is 135 Å². The van der Waals surface area contributed by atoms with Gasteiger partial charge in [-0.3, -0.25) is 9.59 Å². The predicted molar refractivity (Wildman–Crippen MR) is 76.3 cm³/mol. The average molecular weight is 344 g/mol. The Bertz CT molecular complexity index is 675. The zero-order valence-corrected chi connectivity index (χ0v) is 12.7. The van der Waals surface area contributed by atoms with E-state index in [0.29, 0.717) is 23.3 Å². The van der Waals surface area contributed by atoms with Crippen LogP contribution in [0.25, 0.3) is 0 Å². The Morgan fingerprint density at radius 1 is 1.33 bits per heavy atom. The summed E-state index contributed by atoms with van der Waals surface area (Å²) in [6.07, 6.45) is -3.41. The van der Waals surface area contributed by atoms with E-state index in [2.05, 4.69) is 5.32 Å². The molecule has 3 rings (SSSR count). The molecule has 0 saturated carbocycles. The standard InChI is InChI=1S/C16H16F4N2O2/c17-11-3-1-9-2-4-13(12(9)6-11)21-15(24)10-5-14(23)22(7-10)8-16(18,19)20/h1,3,6,10,13H,2,4-5,7-8H2,(H,21,24)/t10-,13-/m1/s1. The van der Waals surface area contributed by atoms with Crippen LogP contribution in [-0.2, 0) is 16.0 Å². The Morgan fingerprint density at radius 2 is 2.08 bits per heavy atom. The molecule has 0 radical (unpaired) electrons. The van der Waals surface area contributed by atoms with E-state index in [0.717, 1.165) is 5.56 Å². The first-order valence-corrected chi connectivity index (χ1v) is 7.66. The van der Waals surface area contributed by atoms with Crippen LogP contribution in [0.15, 0.2) is 18.2 Å². The first-order chi connectivity index (χ1) is 11.2. The van der Waals surface area contributed by atoms with Crippen molar-refractivity contribution in [3.63, 3.8) is 0 Å². The SMILES string of the molecule is O=C(N[C@@H]1CCc2ccc(F)cc21)[C@@H]1CC(=O)N(CC(F)(F)F)C1. The van der Waals surface area contributed by atoms with Gasteiger partial charge >= 0.3 is 6.18 Å². The number of benzene rings is 1. The van der Waals surface area contributed by atoms with Gasteiger partial charge in [0.2, 0.25) is 11.8 Å². The topological polar surface area (TPSA) is 49.4 Å². The van der Waals surface area contributed by atoms with Crippen molar-refractivity contribution in [3.8, 4) is 0 Å². The highest BCUT2D eigenvalue weighted by Crippen LogP contribution is 2.32. The quantitative estimate of drug-likeness (QED) is 0.856. The zero-order chi connectivity index (χ0) is 17.5. The predicted octanol–water partition coefficient (Wildman–Crippen LogP) is 2.34. The van der Waals surface area contributed by atoms with Crippen molar-refractivity contribution in [1.82, 2.24) is 10.2 Å². The van der Waals surface area contributed by atoms with Gasteiger partial charge in [0.1, 0.15) is 12.4 Å². The molecule has 130 valence electrons. The van der Waals surface area contributed by atoms with E-state index in [4.69, 9.17) is 0 Å². The third kappa shape index (κ3) is 3.52. The number of nitrogens with one attached hydrogen (secondary N) is 1. The number of rotatable bonds is 3. The van der Waals surface area contributed by atoms with Crippen LogP contribution < -0.4 is 5.32 Å². The fraction of sp³-hybridized carbons (Fsp3) is 0.500. The van der Waals surface area contributed by atoms with Crippen LogP contribution in [0.4, 0.5) is 17.6 Å². The summed E-state index contributed by atoms with van der Waals surface area (Å²) in [7, 11) is 0. The summed E-state index contributed by atoms with van der Waals surface area (Å²) in [4.78, 5) is 24.6. The molecular formula is C16H16F4N2O2. The lowest BCUT2D eigenvalue weighted by Crippen LogP contribution is -2.37. The Hall–Kier alpha value is -2.12. The Morgan fingerprint density at radius 3 is 2.79 bits per heavy atom. The van der Waals surface area contributed by atoms with Crippen molar-refractivity contribution >= 4 is 11.8 Å². The number of hydrogen-bond donors (Lipinski definition) is 1.